The van der Waals surface area contributed by atoms with E-state index in [1.54, 1.807) is 29.6 Å². The summed E-state index contributed by atoms with van der Waals surface area (Å²) in [5.41, 5.74) is 1.17. The summed E-state index contributed by atoms with van der Waals surface area (Å²) in [6, 6.07) is 8.90. The van der Waals surface area contributed by atoms with E-state index in [2.05, 4.69) is 25.8 Å². The van der Waals surface area contributed by atoms with Gasteiger partial charge in [0.05, 0.1) is 12.1 Å². The molecule has 0 unspecified atom stereocenters. The Kier molecular flexibility index (Phi) is 6.66. The van der Waals surface area contributed by atoms with E-state index >= 15 is 0 Å². The fourth-order valence-electron chi connectivity index (χ4n) is 2.59. The van der Waals surface area contributed by atoms with Crippen molar-refractivity contribution >= 4 is 40.5 Å². The van der Waals surface area contributed by atoms with Crippen LogP contribution < -0.4 is 10.6 Å². The zero-order valence-corrected chi connectivity index (χ0v) is 16.9. The van der Waals surface area contributed by atoms with Gasteiger partial charge in [-0.1, -0.05) is 25.1 Å². The highest BCUT2D eigenvalue weighted by molar-refractivity contribution is 7.71. The maximum Gasteiger partial charge on any atom is 0.257 e. The number of nitrogens with one attached hydrogen (secondary N) is 3. The number of H-pyrrole nitrogens is 1. The highest BCUT2D eigenvalue weighted by atomic mass is 32.1. The second kappa shape index (κ2) is 9.38. The van der Waals surface area contributed by atoms with Crippen molar-refractivity contribution in [1.29, 1.82) is 0 Å². The van der Waals surface area contributed by atoms with Crippen molar-refractivity contribution in [1.82, 2.24) is 25.1 Å². The molecule has 0 saturated carbocycles. The fraction of sp³-hybridized carbons (Fsp3) is 0.278. The van der Waals surface area contributed by atoms with Crippen LogP contribution >= 0.6 is 23.6 Å². The number of aromatic amines is 1. The molecule has 28 heavy (non-hydrogen) atoms. The Bertz CT molecular complexity index is 1010. The lowest BCUT2D eigenvalue weighted by molar-refractivity contribution is -0.120. The zero-order chi connectivity index (χ0) is 19.9. The summed E-state index contributed by atoms with van der Waals surface area (Å²) in [6.07, 6.45) is 0.909. The highest BCUT2D eigenvalue weighted by Gasteiger charge is 2.11. The quantitative estimate of drug-likeness (QED) is 0.490. The molecule has 3 N–H and O–H groups in total. The number of nitrogens with zero attached hydrogens (tertiary/aromatic N) is 3. The third-order valence-corrected chi connectivity index (χ3v) is 5.08. The molecule has 0 bridgehead atoms. The molecule has 0 saturated heterocycles. The van der Waals surface area contributed by atoms with Crippen LogP contribution in [0.25, 0.3) is 0 Å². The van der Waals surface area contributed by atoms with E-state index < -0.39 is 0 Å². The van der Waals surface area contributed by atoms with Crippen LogP contribution in [0.3, 0.4) is 0 Å². The summed E-state index contributed by atoms with van der Waals surface area (Å²) in [6.45, 7) is 3.00. The topological polar surface area (TPSA) is 105 Å². The van der Waals surface area contributed by atoms with Crippen LogP contribution in [0.5, 0.6) is 0 Å². The molecule has 2 amide bonds. The van der Waals surface area contributed by atoms with Crippen molar-refractivity contribution in [3.63, 3.8) is 0 Å². The number of carbonyl (C=O) groups is 2. The number of hydrogen-bond donors (Lipinski definition) is 3. The van der Waals surface area contributed by atoms with Gasteiger partial charge in [-0.3, -0.25) is 20.0 Å². The lowest BCUT2D eigenvalue weighted by Gasteiger charge is -2.07. The summed E-state index contributed by atoms with van der Waals surface area (Å²) in [5, 5.41) is 14.7. The molecule has 2 heterocycles. The van der Waals surface area contributed by atoms with E-state index in [0.29, 0.717) is 34.2 Å². The minimum Gasteiger partial charge on any atom is -0.354 e. The average molecular weight is 417 g/mol. The van der Waals surface area contributed by atoms with Gasteiger partial charge in [-0.15, -0.1) is 11.3 Å². The predicted octanol–water partition coefficient (Wildman–Crippen LogP) is 2.57. The average Bonchev–Trinajstić information content (AvgIpc) is 3.28. The molecule has 0 fully saturated rings. The molecule has 0 radical (unpaired) electrons. The Hall–Kier alpha value is -2.85. The minimum atomic E-state index is -0.227. The smallest absolute Gasteiger partial charge is 0.257 e. The molecule has 8 nitrogen and oxygen atoms in total. The molecule has 3 rings (SSSR count). The molecule has 0 atom stereocenters. The summed E-state index contributed by atoms with van der Waals surface area (Å²) >= 11 is 6.47. The second-order valence-corrected chi connectivity index (χ2v) is 7.19. The van der Waals surface area contributed by atoms with Crippen LogP contribution in [0, 0.1) is 4.77 Å². The molecular weight excluding hydrogens is 396 g/mol. The van der Waals surface area contributed by atoms with E-state index in [1.807, 2.05) is 17.6 Å². The number of amides is 2. The van der Waals surface area contributed by atoms with E-state index in [1.165, 1.54) is 11.3 Å². The lowest BCUT2D eigenvalue weighted by Crippen LogP contribution is -2.29. The van der Waals surface area contributed by atoms with E-state index in [0.717, 1.165) is 12.2 Å². The molecule has 146 valence electrons. The Balaban J connectivity index is 1.48. The van der Waals surface area contributed by atoms with Crippen LogP contribution in [0.15, 0.2) is 35.7 Å². The normalized spacial score (nSPS) is 10.6. The molecule has 1 aromatic carbocycles. The zero-order valence-electron chi connectivity index (χ0n) is 15.3. The maximum absolute atomic E-state index is 12.1. The Morgan fingerprint density at radius 1 is 1.29 bits per heavy atom. The number of rotatable bonds is 8. The third-order valence-electron chi connectivity index (χ3n) is 3.96. The number of hydrogen-bond acceptors (Lipinski definition) is 6. The summed E-state index contributed by atoms with van der Waals surface area (Å²) in [5.74, 6) is 0.492. The van der Waals surface area contributed by atoms with Crippen LogP contribution in [-0.4, -0.2) is 38.1 Å². The third kappa shape index (κ3) is 5.11. The van der Waals surface area contributed by atoms with Gasteiger partial charge < -0.3 is 9.88 Å². The Morgan fingerprint density at radius 3 is 2.82 bits per heavy atom. The van der Waals surface area contributed by atoms with Gasteiger partial charge in [0.2, 0.25) is 5.91 Å². The van der Waals surface area contributed by atoms with Gasteiger partial charge in [-0.25, -0.2) is 4.98 Å². The fourth-order valence-corrected chi connectivity index (χ4v) is 3.54. The summed E-state index contributed by atoms with van der Waals surface area (Å²) < 4.78 is 2.42. The van der Waals surface area contributed by atoms with Crippen molar-refractivity contribution in [3.8, 4) is 0 Å². The summed E-state index contributed by atoms with van der Waals surface area (Å²) in [7, 11) is 0. The number of carbonyl (C=O) groups excluding carboxylic acids is 2. The number of anilines is 1. The first-order valence-electron chi connectivity index (χ1n) is 8.78. The molecule has 0 spiro atoms. The van der Waals surface area contributed by atoms with Crippen LogP contribution in [0.4, 0.5) is 5.13 Å². The van der Waals surface area contributed by atoms with E-state index in [9.17, 15) is 9.59 Å². The van der Waals surface area contributed by atoms with Crippen molar-refractivity contribution in [2.24, 2.45) is 0 Å². The number of thiazole rings is 1. The van der Waals surface area contributed by atoms with E-state index in [4.69, 9.17) is 12.2 Å². The first kappa shape index (κ1) is 19.9. The lowest BCUT2D eigenvalue weighted by atomic mass is 10.2. The van der Waals surface area contributed by atoms with Gasteiger partial charge in [-0.2, -0.15) is 5.10 Å². The molecular formula is C18H20N6O2S2. The van der Waals surface area contributed by atoms with Gasteiger partial charge >= 0.3 is 0 Å². The number of benzene rings is 1. The molecule has 2 aromatic heterocycles. The van der Waals surface area contributed by atoms with Crippen LogP contribution in [0.2, 0.25) is 0 Å². The second-order valence-electron chi connectivity index (χ2n) is 5.94. The van der Waals surface area contributed by atoms with Crippen molar-refractivity contribution < 1.29 is 9.59 Å². The molecule has 10 heteroatoms. The van der Waals surface area contributed by atoms with Gasteiger partial charge in [0.15, 0.2) is 9.90 Å². The Morgan fingerprint density at radius 2 is 2.07 bits per heavy atom. The minimum absolute atomic E-state index is 0.140. The standard InChI is InChI=1S/C18H20N6O2S2/c1-2-14-22-23-18(27)24(14)9-8-19-15(25)10-13-11-28-17(20-13)21-16(26)12-6-4-3-5-7-12/h3-7,11H,2,8-10H2,1H3,(H,19,25)(H,23,27)(H,20,21,26). The molecule has 0 aliphatic rings. The number of aromatic nitrogens is 4. The first-order valence-corrected chi connectivity index (χ1v) is 10.1. The number of aryl methyl sites for hydroxylation is 1. The first-order chi connectivity index (χ1) is 13.6. The van der Waals surface area contributed by atoms with Crippen LogP contribution in [0.1, 0.15) is 28.8 Å². The molecule has 0 aliphatic heterocycles. The summed E-state index contributed by atoms with van der Waals surface area (Å²) in [4.78, 5) is 28.6. The van der Waals surface area contributed by atoms with E-state index in [-0.39, 0.29) is 18.2 Å². The predicted molar refractivity (Wildman–Crippen MR) is 110 cm³/mol. The van der Waals surface area contributed by atoms with Gasteiger partial charge in [0.25, 0.3) is 5.91 Å². The largest absolute Gasteiger partial charge is 0.354 e. The van der Waals surface area contributed by atoms with Crippen LogP contribution in [-0.2, 0) is 24.2 Å². The molecule has 3 aromatic rings. The molecule has 0 aliphatic carbocycles. The van der Waals surface area contributed by atoms with Crippen molar-refractivity contribution in [2.45, 2.75) is 26.3 Å². The van der Waals surface area contributed by atoms with Gasteiger partial charge in [0.1, 0.15) is 5.82 Å². The maximum atomic E-state index is 12.1. The monoisotopic (exact) mass is 416 g/mol. The van der Waals surface area contributed by atoms with Crippen molar-refractivity contribution in [3.05, 3.63) is 57.6 Å². The SMILES string of the molecule is CCc1n[nH]c(=S)n1CCNC(=O)Cc1csc(NC(=O)c2ccccc2)n1. The van der Waals surface area contributed by atoms with Crippen molar-refractivity contribution in [2.75, 3.05) is 11.9 Å². The van der Waals surface area contributed by atoms with Gasteiger partial charge in [0, 0.05) is 30.5 Å². The highest BCUT2D eigenvalue weighted by Crippen LogP contribution is 2.17. The Labute approximate surface area is 171 Å². The van der Waals surface area contributed by atoms with Gasteiger partial charge in [-0.05, 0) is 24.4 Å².